The van der Waals surface area contributed by atoms with E-state index >= 15 is 0 Å². The van der Waals surface area contributed by atoms with E-state index in [1.54, 1.807) is 6.07 Å². The Labute approximate surface area is 350 Å². The minimum Gasteiger partial charge on any atom is -0.478 e. The molecule has 61 heavy (non-hydrogen) atoms. The Morgan fingerprint density at radius 1 is 0.820 bits per heavy atom. The summed E-state index contributed by atoms with van der Waals surface area (Å²) in [5.74, 6) is -1.76. The lowest BCUT2D eigenvalue weighted by molar-refractivity contribution is -0.364. The van der Waals surface area contributed by atoms with Crippen molar-refractivity contribution >= 4 is 34.4 Å². The average Bonchev–Trinajstić information content (AvgIpc) is 3.23. The predicted molar refractivity (Wildman–Crippen MR) is 218 cm³/mol. The number of rotatable bonds is 14. The maximum Gasteiger partial charge on any atom is 0.336 e. The number of fused-ring (bicyclic) bond motifs is 2. The Morgan fingerprint density at radius 3 is 2.23 bits per heavy atom. The molecule has 2 aromatic carbocycles. The number of aliphatic hydroxyl groups is 6. The van der Waals surface area contributed by atoms with Crippen molar-refractivity contribution in [1.29, 1.82) is 0 Å². The molecule has 330 valence electrons. The molecule has 9 N–H and O–H groups in total. The summed E-state index contributed by atoms with van der Waals surface area (Å²) in [5, 5.41) is 78.7. The van der Waals surface area contributed by atoms with Crippen LogP contribution < -0.4 is 25.5 Å². The first-order chi connectivity index (χ1) is 29.0. The second-order valence-corrected chi connectivity index (χ2v) is 15.4. The van der Waals surface area contributed by atoms with E-state index < -0.39 is 85.8 Å². The summed E-state index contributed by atoms with van der Waals surface area (Å²) in [4.78, 5) is 40.6. The van der Waals surface area contributed by atoms with Crippen LogP contribution >= 0.6 is 0 Å². The Morgan fingerprint density at radius 2 is 1.54 bits per heavy atom. The SMILES string of the molecule is C[C@@H]1O[C@@H](O[C@H]2[C@H](OCCC(=O)NCCNC(=O)c3ccc(-c4c5ccc(=[N+](C)C)cc-5oc5cc(N(C)C)ccc45)c(C(=O)O)c3)O[C@H](CO)[C@H](O)[C@@H]2O)[C@@H](O)[C@H](O)[C@@H]1O. The number of nitrogens with one attached hydrogen (secondary N) is 2. The van der Waals surface area contributed by atoms with Crippen LogP contribution in [-0.2, 0) is 23.7 Å². The van der Waals surface area contributed by atoms with E-state index in [4.69, 9.17) is 23.4 Å². The first kappa shape index (κ1) is 45.5. The van der Waals surface area contributed by atoms with Crippen LogP contribution in [-0.4, -0.2) is 169 Å². The molecule has 2 aromatic rings. The van der Waals surface area contributed by atoms with Crippen molar-refractivity contribution in [3.8, 4) is 22.5 Å². The van der Waals surface area contributed by atoms with E-state index in [2.05, 4.69) is 10.6 Å². The molecule has 1 aliphatic carbocycles. The van der Waals surface area contributed by atoms with Crippen LogP contribution in [0, 0.1) is 0 Å². The molecule has 0 bridgehead atoms. The lowest BCUT2D eigenvalue weighted by atomic mass is 9.89. The first-order valence-corrected chi connectivity index (χ1v) is 19.7. The number of carbonyl (C=O) groups excluding carboxylic acids is 2. The zero-order valence-corrected chi connectivity index (χ0v) is 34.3. The fraction of sp³-hybridized carbons (Fsp3) is 0.476. The Bertz CT molecular complexity index is 2260. The van der Waals surface area contributed by atoms with Gasteiger partial charge in [-0.3, -0.25) is 9.59 Å². The lowest BCUT2D eigenvalue weighted by Gasteiger charge is -2.45. The number of nitrogens with zero attached hydrogens (tertiary/aromatic N) is 2. The molecule has 10 atom stereocenters. The highest BCUT2D eigenvalue weighted by molar-refractivity contribution is 6.09. The van der Waals surface area contributed by atoms with Crippen LogP contribution in [0.1, 0.15) is 34.1 Å². The fourth-order valence-corrected chi connectivity index (χ4v) is 7.25. The molecule has 0 radical (unpaired) electrons. The number of ether oxygens (including phenoxy) is 4. The van der Waals surface area contributed by atoms with E-state index in [0.717, 1.165) is 11.0 Å². The third-order valence-corrected chi connectivity index (χ3v) is 10.8. The summed E-state index contributed by atoms with van der Waals surface area (Å²) >= 11 is 0. The number of anilines is 1. The highest BCUT2D eigenvalue weighted by atomic mass is 16.8. The number of aliphatic hydroxyl groups excluding tert-OH is 6. The number of carbonyl (C=O) groups is 3. The van der Waals surface area contributed by atoms with E-state index in [1.807, 2.05) is 74.1 Å². The zero-order chi connectivity index (χ0) is 44.3. The van der Waals surface area contributed by atoms with Gasteiger partial charge in [0.15, 0.2) is 12.6 Å². The fourth-order valence-electron chi connectivity index (χ4n) is 7.25. The van der Waals surface area contributed by atoms with Gasteiger partial charge in [0.2, 0.25) is 11.3 Å². The molecule has 19 heteroatoms. The summed E-state index contributed by atoms with van der Waals surface area (Å²) < 4.78 is 30.6. The molecule has 2 amide bonds. The number of carboxylic acid groups (broad SMARTS) is 1. The summed E-state index contributed by atoms with van der Waals surface area (Å²) in [6.07, 6.45) is -15.2. The van der Waals surface area contributed by atoms with E-state index in [0.29, 0.717) is 33.4 Å². The summed E-state index contributed by atoms with van der Waals surface area (Å²) in [5.41, 5.74) is 3.14. The summed E-state index contributed by atoms with van der Waals surface area (Å²) in [6, 6.07) is 15.8. The number of hydrogen-bond donors (Lipinski definition) is 9. The molecule has 3 heterocycles. The van der Waals surface area contributed by atoms with Gasteiger partial charge in [-0.2, -0.15) is 0 Å². The minimum absolute atomic E-state index is 0.00373. The average molecular weight is 854 g/mol. The third-order valence-electron chi connectivity index (χ3n) is 10.8. The predicted octanol–water partition coefficient (Wildman–Crippen LogP) is -1.09. The van der Waals surface area contributed by atoms with Crippen molar-refractivity contribution < 1.29 is 73.5 Å². The van der Waals surface area contributed by atoms with E-state index in [-0.39, 0.29) is 37.2 Å². The molecule has 19 nitrogen and oxygen atoms in total. The molecule has 2 saturated heterocycles. The molecule has 0 unspecified atom stereocenters. The van der Waals surface area contributed by atoms with Gasteiger partial charge in [-0.05, 0) is 42.8 Å². The number of benzene rings is 3. The van der Waals surface area contributed by atoms with Crippen molar-refractivity contribution in [2.24, 2.45) is 0 Å². The third kappa shape index (κ3) is 9.86. The number of hydrogen-bond acceptors (Lipinski definition) is 15. The topological polar surface area (TPSA) is 273 Å². The minimum atomic E-state index is -1.74. The van der Waals surface area contributed by atoms with Crippen molar-refractivity contribution in [1.82, 2.24) is 15.2 Å². The second kappa shape index (κ2) is 19.3. The van der Waals surface area contributed by atoms with E-state index in [9.17, 15) is 50.1 Å². The van der Waals surface area contributed by atoms with Crippen LogP contribution in [0.4, 0.5) is 5.69 Å². The maximum atomic E-state index is 13.2. The highest BCUT2D eigenvalue weighted by Gasteiger charge is 2.50. The molecule has 3 aliphatic heterocycles. The van der Waals surface area contributed by atoms with E-state index in [1.165, 1.54) is 19.1 Å². The summed E-state index contributed by atoms with van der Waals surface area (Å²) in [7, 11) is 7.63. The van der Waals surface area contributed by atoms with Gasteiger partial charge in [-0.1, -0.05) is 6.07 Å². The van der Waals surface area contributed by atoms with Gasteiger partial charge in [0, 0.05) is 67.1 Å². The normalized spacial score (nSPS) is 26.5. The van der Waals surface area contributed by atoms with Gasteiger partial charge in [0.05, 0.1) is 37.4 Å². The Balaban J connectivity index is 1.08. The molecular formula is C42H53N4O15+. The van der Waals surface area contributed by atoms with Crippen molar-refractivity contribution in [3.05, 3.63) is 71.1 Å². The number of amides is 2. The van der Waals surface area contributed by atoms with Crippen molar-refractivity contribution in [2.45, 2.75) is 74.8 Å². The quantitative estimate of drug-likeness (QED) is 0.0414. The van der Waals surface area contributed by atoms with Gasteiger partial charge >= 0.3 is 5.97 Å². The van der Waals surface area contributed by atoms with Crippen LogP contribution in [0.5, 0.6) is 0 Å². The van der Waals surface area contributed by atoms with Crippen LogP contribution in [0.3, 0.4) is 0 Å². The first-order valence-electron chi connectivity index (χ1n) is 19.7. The van der Waals surface area contributed by atoms with Gasteiger partial charge < -0.3 is 74.6 Å². The van der Waals surface area contributed by atoms with Gasteiger partial charge in [0.1, 0.15) is 68.2 Å². The van der Waals surface area contributed by atoms with Gasteiger partial charge in [-0.15, -0.1) is 0 Å². The Kier molecular flexibility index (Phi) is 14.4. The monoisotopic (exact) mass is 853 g/mol. The summed E-state index contributed by atoms with van der Waals surface area (Å²) in [6.45, 7) is 0.416. The smallest absolute Gasteiger partial charge is 0.336 e. The second-order valence-electron chi connectivity index (χ2n) is 15.4. The van der Waals surface area contributed by atoms with Gasteiger partial charge in [-0.25, -0.2) is 9.37 Å². The Hall–Kier alpha value is -5.06. The molecule has 2 fully saturated rings. The number of carboxylic acids is 1. The molecule has 0 spiro atoms. The molecule has 4 aliphatic rings. The number of aromatic carboxylic acids is 1. The van der Waals surface area contributed by atoms with Crippen LogP contribution in [0.25, 0.3) is 33.4 Å². The maximum absolute atomic E-state index is 13.2. The standard InChI is InChI=1S/C42H52N4O15/c1-20-33(49)35(51)37(53)41(58-20)61-38-36(52)34(50)30(19-47)60-42(38)57-15-12-31(48)43-13-14-44-39(54)21-6-9-24(27(16-21)40(55)56)32-25-10-7-22(45(2)3)17-28(25)59-29-18-23(46(4)5)8-11-26(29)32/h6-11,16-18,20,30,33-38,41-42,47,49-53H,12-15,19H2,1-5H3,(H2-,43,44,48,54,55,56)/p+1/t20-,30+,33+,34-,35+,36-,37-,38+,41-,42+/m0/s1. The molecule has 6 rings (SSSR count). The highest BCUT2D eigenvalue weighted by Crippen LogP contribution is 2.42. The molecule has 0 saturated carbocycles. The van der Waals surface area contributed by atoms with Gasteiger partial charge in [0.25, 0.3) is 5.91 Å². The van der Waals surface area contributed by atoms with Crippen molar-refractivity contribution in [3.63, 3.8) is 0 Å². The largest absolute Gasteiger partial charge is 0.478 e. The molecular weight excluding hydrogens is 800 g/mol. The van der Waals surface area contributed by atoms with Crippen LogP contribution in [0.15, 0.2) is 59.0 Å². The zero-order valence-electron chi connectivity index (χ0n) is 34.3. The lowest BCUT2D eigenvalue weighted by Crippen LogP contribution is -2.64. The van der Waals surface area contributed by atoms with Crippen molar-refractivity contribution in [2.75, 3.05) is 59.4 Å². The van der Waals surface area contributed by atoms with Crippen LogP contribution in [0.2, 0.25) is 0 Å². The molecule has 0 aromatic heterocycles.